The van der Waals surface area contributed by atoms with Gasteiger partial charge in [0.25, 0.3) is 18.3 Å². The van der Waals surface area contributed by atoms with Gasteiger partial charge in [-0.15, -0.1) is 0 Å². The third kappa shape index (κ3) is 4.39. The third-order valence-electron chi connectivity index (χ3n) is 5.96. The number of carbonyl (C=O) groups excluding carboxylic acids is 1. The first-order chi connectivity index (χ1) is 15.0. The van der Waals surface area contributed by atoms with Crippen molar-refractivity contribution in [1.82, 2.24) is 29.5 Å². The standard InChI is InChI=1S/C18H25N7O3.CH2O2/c1-12-19-18(21-28-12)23-4-3-16-20-13(9-24(16)6-5-23)17(26)25-10-14-15(11-25)27-8-7-22(14)2;2-1-3/h9,14-15H,3-8,10-11H2,1-2H3;1H,(H,2,3)/t14-,15-;/m0./s1. The Morgan fingerprint density at radius 1 is 1.23 bits per heavy atom. The number of fused-ring (bicyclic) bond motifs is 2. The molecule has 12 heteroatoms. The average Bonchev–Trinajstić information content (AvgIpc) is 3.45. The van der Waals surface area contributed by atoms with Gasteiger partial charge in [-0.2, -0.15) is 4.98 Å². The van der Waals surface area contributed by atoms with Crippen molar-refractivity contribution in [2.75, 3.05) is 51.3 Å². The van der Waals surface area contributed by atoms with Gasteiger partial charge in [0.15, 0.2) is 0 Å². The zero-order valence-electron chi connectivity index (χ0n) is 17.7. The molecule has 0 aliphatic carbocycles. The van der Waals surface area contributed by atoms with Gasteiger partial charge < -0.3 is 28.7 Å². The smallest absolute Gasteiger partial charge is 0.290 e. The predicted molar refractivity (Wildman–Crippen MR) is 108 cm³/mol. The highest BCUT2D eigenvalue weighted by molar-refractivity contribution is 5.92. The number of carbonyl (C=O) groups is 2. The first-order valence-corrected chi connectivity index (χ1v) is 10.3. The highest BCUT2D eigenvalue weighted by Gasteiger charge is 2.41. The van der Waals surface area contributed by atoms with E-state index in [2.05, 4.69) is 36.5 Å². The molecule has 5 rings (SSSR count). The minimum Gasteiger partial charge on any atom is -0.483 e. The molecule has 2 aromatic rings. The van der Waals surface area contributed by atoms with Crippen molar-refractivity contribution in [2.45, 2.75) is 32.0 Å². The van der Waals surface area contributed by atoms with Gasteiger partial charge in [-0.05, 0) is 12.2 Å². The molecule has 1 amide bonds. The summed E-state index contributed by atoms with van der Waals surface area (Å²) in [4.78, 5) is 36.6. The maximum Gasteiger partial charge on any atom is 0.290 e. The number of likely N-dealkylation sites (tertiary alicyclic amines) is 1. The van der Waals surface area contributed by atoms with Crippen LogP contribution in [0.5, 0.6) is 0 Å². The van der Waals surface area contributed by atoms with E-state index in [4.69, 9.17) is 19.2 Å². The van der Waals surface area contributed by atoms with Crippen LogP contribution in [0.25, 0.3) is 0 Å². The van der Waals surface area contributed by atoms with E-state index in [-0.39, 0.29) is 24.5 Å². The predicted octanol–water partition coefficient (Wildman–Crippen LogP) is -0.507. The molecule has 0 unspecified atom stereocenters. The van der Waals surface area contributed by atoms with Crippen LogP contribution in [0, 0.1) is 6.92 Å². The van der Waals surface area contributed by atoms with E-state index in [1.54, 1.807) is 6.92 Å². The molecule has 12 nitrogen and oxygen atoms in total. The van der Waals surface area contributed by atoms with Gasteiger partial charge in [0.05, 0.1) is 18.8 Å². The van der Waals surface area contributed by atoms with Gasteiger partial charge in [0.1, 0.15) is 11.5 Å². The number of anilines is 1. The van der Waals surface area contributed by atoms with Gasteiger partial charge >= 0.3 is 0 Å². The molecule has 3 aliphatic heterocycles. The summed E-state index contributed by atoms with van der Waals surface area (Å²) >= 11 is 0. The summed E-state index contributed by atoms with van der Waals surface area (Å²) in [6.07, 6.45) is 2.72. The normalized spacial score (nSPS) is 23.4. The summed E-state index contributed by atoms with van der Waals surface area (Å²) in [6, 6.07) is 0.283. The summed E-state index contributed by atoms with van der Waals surface area (Å²) in [5.74, 6) is 2.10. The maximum atomic E-state index is 13.0. The Hall–Kier alpha value is -2.99. The Labute approximate surface area is 179 Å². The largest absolute Gasteiger partial charge is 0.483 e. The molecule has 0 saturated carbocycles. The van der Waals surface area contributed by atoms with Gasteiger partial charge in [0.2, 0.25) is 5.89 Å². The number of imidazole rings is 1. The zero-order chi connectivity index (χ0) is 22.0. The number of carboxylic acid groups (broad SMARTS) is 1. The Balaban J connectivity index is 0.000000730. The van der Waals surface area contributed by atoms with Crippen molar-refractivity contribution in [2.24, 2.45) is 0 Å². The van der Waals surface area contributed by atoms with Crippen LogP contribution in [0.1, 0.15) is 22.2 Å². The Morgan fingerprint density at radius 3 is 2.74 bits per heavy atom. The molecule has 168 valence electrons. The molecule has 3 aliphatic rings. The number of nitrogens with zero attached hydrogens (tertiary/aromatic N) is 7. The lowest BCUT2D eigenvalue weighted by molar-refractivity contribution is -0.122. The van der Waals surface area contributed by atoms with E-state index in [1.807, 2.05) is 11.1 Å². The fraction of sp³-hybridized carbons (Fsp3) is 0.632. The molecular weight excluding hydrogens is 406 g/mol. The fourth-order valence-electron chi connectivity index (χ4n) is 4.33. The second-order valence-corrected chi connectivity index (χ2v) is 7.86. The number of rotatable bonds is 2. The monoisotopic (exact) mass is 433 g/mol. The molecule has 0 spiro atoms. The fourth-order valence-corrected chi connectivity index (χ4v) is 4.33. The van der Waals surface area contributed by atoms with Crippen LogP contribution in [0.3, 0.4) is 0 Å². The van der Waals surface area contributed by atoms with E-state index in [9.17, 15) is 4.79 Å². The van der Waals surface area contributed by atoms with E-state index < -0.39 is 0 Å². The molecule has 0 radical (unpaired) electrons. The van der Waals surface area contributed by atoms with E-state index in [0.29, 0.717) is 30.6 Å². The minimum atomic E-state index is -0.250. The molecule has 1 N–H and O–H groups in total. The Bertz CT molecular complexity index is 903. The van der Waals surface area contributed by atoms with Gasteiger partial charge in [-0.1, -0.05) is 0 Å². The number of likely N-dealkylation sites (N-methyl/N-ethyl adjacent to an activating group) is 1. The molecule has 31 heavy (non-hydrogen) atoms. The SMILES string of the molecule is Cc1nc(N2CCc3nc(C(=O)N4C[C@@H]5OCCN(C)[C@H]5C4)cn3CC2)no1.O=CO. The molecule has 2 saturated heterocycles. The zero-order valence-corrected chi connectivity index (χ0v) is 17.7. The average molecular weight is 433 g/mol. The van der Waals surface area contributed by atoms with Crippen molar-refractivity contribution >= 4 is 18.3 Å². The number of aromatic nitrogens is 4. The molecule has 2 atom stereocenters. The van der Waals surface area contributed by atoms with Crippen LogP contribution < -0.4 is 4.90 Å². The van der Waals surface area contributed by atoms with Crippen molar-refractivity contribution in [3.05, 3.63) is 23.6 Å². The quantitative estimate of drug-likeness (QED) is 0.618. The maximum absolute atomic E-state index is 13.0. The molecule has 2 fully saturated rings. The van der Waals surface area contributed by atoms with Crippen LogP contribution in [0.2, 0.25) is 0 Å². The molecule has 5 heterocycles. The first kappa shape index (κ1) is 21.2. The number of amides is 1. The number of hydrogen-bond acceptors (Lipinski definition) is 9. The van der Waals surface area contributed by atoms with E-state index in [0.717, 1.165) is 45.0 Å². The Kier molecular flexibility index (Phi) is 6.18. The van der Waals surface area contributed by atoms with Crippen molar-refractivity contribution in [3.8, 4) is 0 Å². The summed E-state index contributed by atoms with van der Waals surface area (Å²) in [6.45, 7) is 6.76. The third-order valence-corrected chi connectivity index (χ3v) is 5.96. The van der Waals surface area contributed by atoms with Crippen LogP contribution in [0.4, 0.5) is 5.95 Å². The first-order valence-electron chi connectivity index (χ1n) is 10.3. The second-order valence-electron chi connectivity index (χ2n) is 7.86. The van der Waals surface area contributed by atoms with Gasteiger partial charge in [0, 0.05) is 58.8 Å². The lowest BCUT2D eigenvalue weighted by Gasteiger charge is -2.33. The highest BCUT2D eigenvalue weighted by atomic mass is 16.5. The number of hydrogen-bond donors (Lipinski definition) is 1. The van der Waals surface area contributed by atoms with Gasteiger partial charge in [-0.25, -0.2) is 4.98 Å². The van der Waals surface area contributed by atoms with Crippen LogP contribution >= 0.6 is 0 Å². The molecule has 2 aromatic heterocycles. The topological polar surface area (TPSA) is 130 Å². The molecule has 0 bridgehead atoms. The second kappa shape index (κ2) is 9.02. The highest BCUT2D eigenvalue weighted by Crippen LogP contribution is 2.23. The number of ether oxygens (including phenoxy) is 1. The summed E-state index contributed by atoms with van der Waals surface area (Å²) in [7, 11) is 2.10. The van der Waals surface area contributed by atoms with Crippen molar-refractivity contribution in [1.29, 1.82) is 0 Å². The van der Waals surface area contributed by atoms with Crippen LogP contribution in [-0.4, -0.2) is 106 Å². The summed E-state index contributed by atoms with van der Waals surface area (Å²) < 4.78 is 13.0. The summed E-state index contributed by atoms with van der Waals surface area (Å²) in [5, 5.41) is 10.9. The van der Waals surface area contributed by atoms with Crippen LogP contribution in [-0.2, 0) is 22.5 Å². The molecule has 0 aromatic carbocycles. The van der Waals surface area contributed by atoms with E-state index in [1.165, 1.54) is 0 Å². The number of morpholine rings is 1. The minimum absolute atomic E-state index is 0.00220. The van der Waals surface area contributed by atoms with Crippen molar-refractivity contribution < 1.29 is 24.0 Å². The lowest BCUT2D eigenvalue weighted by Crippen LogP contribution is -2.48. The summed E-state index contributed by atoms with van der Waals surface area (Å²) in [5.41, 5.74) is 0.528. The lowest BCUT2D eigenvalue weighted by atomic mass is 10.1. The van der Waals surface area contributed by atoms with Crippen LogP contribution in [0.15, 0.2) is 10.7 Å². The number of aryl methyl sites for hydroxylation is 1. The van der Waals surface area contributed by atoms with Gasteiger partial charge in [-0.3, -0.25) is 14.5 Å². The molecular formula is C19H27N7O5. The van der Waals surface area contributed by atoms with Crippen molar-refractivity contribution in [3.63, 3.8) is 0 Å². The Morgan fingerprint density at radius 2 is 2.03 bits per heavy atom. The van der Waals surface area contributed by atoms with E-state index >= 15 is 0 Å².